The van der Waals surface area contributed by atoms with Gasteiger partial charge in [0.1, 0.15) is 0 Å². The summed E-state index contributed by atoms with van der Waals surface area (Å²) in [5.74, 6) is -2.45. The Hall–Kier alpha value is -5.60. The first-order chi connectivity index (χ1) is 22.2. The lowest BCUT2D eigenvalue weighted by molar-refractivity contribution is 0.0489. The molecule has 3 N–H and O–H groups in total. The number of hydrogen-bond donors (Lipinski definition) is 2. The maximum absolute atomic E-state index is 13.2. The quantitative estimate of drug-likeness (QED) is 0.0823. The summed E-state index contributed by atoms with van der Waals surface area (Å²) in [4.78, 5) is 50.6. The van der Waals surface area contributed by atoms with Gasteiger partial charge in [-0.05, 0) is 49.2 Å². The zero-order valence-corrected chi connectivity index (χ0v) is 25.9. The van der Waals surface area contributed by atoms with Gasteiger partial charge in [0.25, 0.3) is 5.91 Å². The highest BCUT2D eigenvalue weighted by Gasteiger charge is 2.19. The number of hydrogen-bond acceptors (Lipinski definition) is 12. The zero-order chi connectivity index (χ0) is 33.1. The van der Waals surface area contributed by atoms with Crippen molar-refractivity contribution in [3.63, 3.8) is 0 Å². The maximum atomic E-state index is 13.2. The first-order valence-electron chi connectivity index (χ1n) is 14.9. The van der Waals surface area contributed by atoms with E-state index in [0.29, 0.717) is 30.1 Å². The molecule has 0 unspecified atom stereocenters. The molecule has 0 bridgehead atoms. The third-order valence-electron chi connectivity index (χ3n) is 6.69. The van der Waals surface area contributed by atoms with E-state index in [-0.39, 0.29) is 34.8 Å². The van der Waals surface area contributed by atoms with Crippen molar-refractivity contribution in [3.05, 3.63) is 71.3 Å². The molecule has 1 amide bonds. The predicted octanol–water partition coefficient (Wildman–Crippen LogP) is 4.16. The monoisotopic (exact) mass is 632 g/mol. The van der Waals surface area contributed by atoms with Crippen LogP contribution in [0.4, 0.5) is 11.4 Å². The Balaban J connectivity index is 1.56. The van der Waals surface area contributed by atoms with E-state index in [2.05, 4.69) is 37.6 Å². The van der Waals surface area contributed by atoms with Crippen LogP contribution in [0.3, 0.4) is 0 Å². The Morgan fingerprint density at radius 3 is 1.85 bits per heavy atom. The molecule has 2 aromatic heterocycles. The van der Waals surface area contributed by atoms with Crippen molar-refractivity contribution in [1.82, 2.24) is 30.0 Å². The zero-order valence-electron chi connectivity index (χ0n) is 25.9. The van der Waals surface area contributed by atoms with Gasteiger partial charge in [0, 0.05) is 11.4 Å². The Morgan fingerprint density at radius 1 is 0.717 bits per heavy atom. The highest BCUT2D eigenvalue weighted by Crippen LogP contribution is 2.21. The van der Waals surface area contributed by atoms with Crippen LogP contribution in [0, 0.1) is 0 Å². The van der Waals surface area contributed by atoms with Crippen LogP contribution in [-0.4, -0.2) is 74.1 Å². The molecular formula is C31H36N8O7. The van der Waals surface area contributed by atoms with Crippen LogP contribution in [0.5, 0.6) is 0 Å². The van der Waals surface area contributed by atoms with Crippen molar-refractivity contribution in [1.29, 1.82) is 0 Å². The van der Waals surface area contributed by atoms with E-state index < -0.39 is 23.8 Å². The number of anilines is 2. The maximum Gasteiger partial charge on any atom is 0.360 e. The second kappa shape index (κ2) is 15.9. The summed E-state index contributed by atoms with van der Waals surface area (Å²) < 4.78 is 18.0. The van der Waals surface area contributed by atoms with Crippen molar-refractivity contribution in [2.45, 2.75) is 52.4 Å². The lowest BCUT2D eigenvalue weighted by atomic mass is 10.1. The second-order valence-electron chi connectivity index (χ2n) is 10.3. The molecule has 0 saturated carbocycles. The summed E-state index contributed by atoms with van der Waals surface area (Å²) in [7, 11) is 1.22. The summed E-state index contributed by atoms with van der Waals surface area (Å²) in [5, 5.41) is 18.4. The molecule has 2 heterocycles. The summed E-state index contributed by atoms with van der Waals surface area (Å²) >= 11 is 0. The van der Waals surface area contributed by atoms with Crippen molar-refractivity contribution in [3.8, 4) is 11.4 Å². The fourth-order valence-corrected chi connectivity index (χ4v) is 4.30. The molecule has 46 heavy (non-hydrogen) atoms. The van der Waals surface area contributed by atoms with E-state index in [1.165, 1.54) is 59.2 Å². The number of carbonyl (C=O) groups excluding carboxylic acids is 4. The third kappa shape index (κ3) is 8.74. The summed E-state index contributed by atoms with van der Waals surface area (Å²) in [6.07, 6.45) is 7.99. The van der Waals surface area contributed by atoms with Gasteiger partial charge in [-0.15, -0.1) is 10.2 Å². The summed E-state index contributed by atoms with van der Waals surface area (Å²) in [6.45, 7) is 4.63. The smallest absolute Gasteiger partial charge is 0.360 e. The minimum atomic E-state index is -0.689. The predicted molar refractivity (Wildman–Crippen MR) is 166 cm³/mol. The number of carbonyl (C=O) groups is 4. The average molecular weight is 633 g/mol. The summed E-state index contributed by atoms with van der Waals surface area (Å²) in [6, 6.07) is 9.09. The fourth-order valence-electron chi connectivity index (χ4n) is 4.30. The van der Waals surface area contributed by atoms with Crippen LogP contribution in [0.1, 0.15) is 94.1 Å². The van der Waals surface area contributed by atoms with Gasteiger partial charge in [-0.3, -0.25) is 4.79 Å². The van der Waals surface area contributed by atoms with Gasteiger partial charge >= 0.3 is 17.9 Å². The Labute approximate surface area is 265 Å². The molecule has 0 atom stereocenters. The average Bonchev–Trinajstić information content (AvgIpc) is 3.75. The number of unbranched alkanes of at least 4 members (excludes halogenated alkanes) is 4. The van der Waals surface area contributed by atoms with Crippen LogP contribution in [0.2, 0.25) is 0 Å². The van der Waals surface area contributed by atoms with Gasteiger partial charge in [-0.25, -0.2) is 23.7 Å². The molecule has 242 valence electrons. The SMILES string of the molecule is CCCCCOC(=O)c1cc(N)cc(-n2cc(C(=O)Nc3cc(C(=O)OCCCCC)cc(-n4cc(C(=O)OC)nn4)c3)nn2)c1. The Bertz CT molecular complexity index is 1700. The van der Waals surface area contributed by atoms with Crippen molar-refractivity contribution in [2.75, 3.05) is 31.4 Å². The second-order valence-corrected chi connectivity index (χ2v) is 10.3. The summed E-state index contributed by atoms with van der Waals surface area (Å²) in [5.41, 5.74) is 7.52. The van der Waals surface area contributed by atoms with Crippen LogP contribution >= 0.6 is 0 Å². The highest BCUT2D eigenvalue weighted by atomic mass is 16.5. The molecule has 2 aromatic carbocycles. The lowest BCUT2D eigenvalue weighted by Gasteiger charge is -2.10. The van der Waals surface area contributed by atoms with Gasteiger partial charge in [-0.1, -0.05) is 50.0 Å². The molecule has 4 rings (SSSR count). The van der Waals surface area contributed by atoms with Gasteiger partial charge < -0.3 is 25.3 Å². The molecular weight excluding hydrogens is 596 g/mol. The van der Waals surface area contributed by atoms with Crippen LogP contribution in [-0.2, 0) is 14.2 Å². The number of amides is 1. The van der Waals surface area contributed by atoms with E-state index >= 15 is 0 Å². The van der Waals surface area contributed by atoms with Gasteiger partial charge in [0.15, 0.2) is 11.4 Å². The molecule has 0 spiro atoms. The van der Waals surface area contributed by atoms with Crippen LogP contribution < -0.4 is 11.1 Å². The van der Waals surface area contributed by atoms with E-state index in [4.69, 9.17) is 15.2 Å². The van der Waals surface area contributed by atoms with Crippen molar-refractivity contribution >= 4 is 35.2 Å². The molecule has 0 fully saturated rings. The minimum Gasteiger partial charge on any atom is -0.464 e. The van der Waals surface area contributed by atoms with Gasteiger partial charge in [-0.2, -0.15) is 0 Å². The Morgan fingerprint density at radius 2 is 1.26 bits per heavy atom. The van der Waals surface area contributed by atoms with Crippen molar-refractivity contribution in [2.24, 2.45) is 0 Å². The molecule has 4 aromatic rings. The minimum absolute atomic E-state index is 0.0493. The van der Waals surface area contributed by atoms with Gasteiger partial charge in [0.05, 0.1) is 55.2 Å². The number of esters is 3. The topological polar surface area (TPSA) is 195 Å². The molecule has 0 aliphatic carbocycles. The molecule has 15 heteroatoms. The molecule has 0 aliphatic heterocycles. The highest BCUT2D eigenvalue weighted by molar-refractivity contribution is 6.03. The number of nitrogens with one attached hydrogen (secondary N) is 1. The molecule has 0 saturated heterocycles. The third-order valence-corrected chi connectivity index (χ3v) is 6.69. The molecule has 15 nitrogen and oxygen atoms in total. The Kier molecular flexibility index (Phi) is 11.5. The molecule has 0 aliphatic rings. The van der Waals surface area contributed by atoms with E-state index in [1.807, 2.05) is 6.92 Å². The number of nitrogens with two attached hydrogens (primary N) is 1. The number of methoxy groups -OCH3 is 1. The fraction of sp³-hybridized carbons (Fsp3) is 0.355. The van der Waals surface area contributed by atoms with E-state index in [1.54, 1.807) is 6.07 Å². The first-order valence-corrected chi connectivity index (χ1v) is 14.9. The van der Waals surface area contributed by atoms with Gasteiger partial charge in [0.2, 0.25) is 0 Å². The van der Waals surface area contributed by atoms with Crippen molar-refractivity contribution < 1.29 is 33.4 Å². The number of nitrogens with zero attached hydrogens (tertiary/aromatic N) is 6. The largest absolute Gasteiger partial charge is 0.464 e. The lowest BCUT2D eigenvalue weighted by Crippen LogP contribution is -2.14. The van der Waals surface area contributed by atoms with Crippen LogP contribution in [0.25, 0.3) is 11.4 Å². The van der Waals surface area contributed by atoms with E-state index in [0.717, 1.165) is 32.1 Å². The number of ether oxygens (including phenoxy) is 3. The standard InChI is InChI=1S/C31H36N8O7/c1-4-6-8-10-45-29(41)20-12-22(32)16-24(14-20)38-18-26(34-36-38)28(40)33-23-13-21(30(42)46-11-9-7-5-2)15-25(17-23)39-19-27(35-37-39)31(43)44-3/h12-19H,4-11,32H2,1-3H3,(H,33,40). The number of aromatic nitrogens is 6. The first kappa shape index (κ1) is 33.3. The molecule has 0 radical (unpaired) electrons. The number of benzene rings is 2. The normalized spacial score (nSPS) is 10.8. The number of rotatable bonds is 15. The van der Waals surface area contributed by atoms with E-state index in [9.17, 15) is 19.2 Å². The number of nitrogen functional groups attached to an aromatic ring is 1. The van der Waals surface area contributed by atoms with Crippen LogP contribution in [0.15, 0.2) is 48.8 Å².